The van der Waals surface area contributed by atoms with Gasteiger partial charge in [-0.1, -0.05) is 69.0 Å². The second-order valence-electron chi connectivity index (χ2n) is 8.22. The maximum Gasteiger partial charge on any atom is 0.123 e. The Morgan fingerprint density at radius 3 is 2.15 bits per heavy atom. The van der Waals surface area contributed by atoms with Gasteiger partial charge in [0.05, 0.1) is 5.60 Å². The van der Waals surface area contributed by atoms with E-state index in [4.69, 9.17) is 0 Å². The number of benzene rings is 2. The van der Waals surface area contributed by atoms with E-state index in [2.05, 4.69) is 31.2 Å². The smallest absolute Gasteiger partial charge is 0.123 e. The van der Waals surface area contributed by atoms with Crippen LogP contribution in [0.2, 0.25) is 0 Å². The van der Waals surface area contributed by atoms with Gasteiger partial charge in [0.1, 0.15) is 5.82 Å². The van der Waals surface area contributed by atoms with E-state index in [-0.39, 0.29) is 5.82 Å². The summed E-state index contributed by atoms with van der Waals surface area (Å²) in [6, 6.07) is 15.5. The molecular weight excluding hydrogens is 335 g/mol. The topological polar surface area (TPSA) is 20.2 Å². The van der Waals surface area contributed by atoms with Crippen LogP contribution in [0.25, 0.3) is 0 Å². The number of hydrogen-bond acceptors (Lipinski definition) is 1. The van der Waals surface area contributed by atoms with E-state index in [1.165, 1.54) is 61.8 Å². The van der Waals surface area contributed by atoms with Crippen molar-refractivity contribution in [3.05, 3.63) is 71.0 Å². The molecule has 1 aliphatic rings. The molecule has 146 valence electrons. The molecule has 0 spiro atoms. The van der Waals surface area contributed by atoms with Gasteiger partial charge in [0.15, 0.2) is 0 Å². The second kappa shape index (κ2) is 9.50. The van der Waals surface area contributed by atoms with Crippen molar-refractivity contribution in [2.45, 2.75) is 82.7 Å². The van der Waals surface area contributed by atoms with Gasteiger partial charge in [-0.15, -0.1) is 0 Å². The number of unbranched alkanes of at least 4 members (excludes halogenated alkanes) is 4. The van der Waals surface area contributed by atoms with Gasteiger partial charge in [-0.05, 0) is 73.3 Å². The first-order chi connectivity index (χ1) is 13.1. The molecule has 0 saturated heterocycles. The number of hydrogen-bond donors (Lipinski definition) is 1. The van der Waals surface area contributed by atoms with E-state index in [1.54, 1.807) is 12.1 Å². The molecule has 0 heterocycles. The molecule has 2 aromatic carbocycles. The predicted octanol–water partition coefficient (Wildman–Crippen LogP) is 6.88. The average molecular weight is 369 g/mol. The van der Waals surface area contributed by atoms with E-state index in [0.717, 1.165) is 31.2 Å². The van der Waals surface area contributed by atoms with Crippen molar-refractivity contribution >= 4 is 0 Å². The zero-order valence-electron chi connectivity index (χ0n) is 16.6. The highest BCUT2D eigenvalue weighted by Gasteiger charge is 2.35. The Bertz CT molecular complexity index is 681. The zero-order chi connectivity index (χ0) is 19.1. The predicted molar refractivity (Wildman–Crippen MR) is 110 cm³/mol. The molecule has 1 nitrogen and oxygen atoms in total. The molecule has 1 fully saturated rings. The normalized spacial score (nSPS) is 22.7. The van der Waals surface area contributed by atoms with Gasteiger partial charge in [-0.2, -0.15) is 0 Å². The molecule has 0 unspecified atom stereocenters. The highest BCUT2D eigenvalue weighted by atomic mass is 19.1. The van der Waals surface area contributed by atoms with Crippen LogP contribution in [0.15, 0.2) is 48.5 Å². The third kappa shape index (κ3) is 5.42. The third-order valence-electron chi connectivity index (χ3n) is 6.21. The Hall–Kier alpha value is -1.67. The second-order valence-corrected chi connectivity index (χ2v) is 8.22. The summed E-state index contributed by atoms with van der Waals surface area (Å²) in [5.41, 5.74) is 2.88. The highest BCUT2D eigenvalue weighted by Crippen LogP contribution is 2.43. The number of rotatable bonds is 8. The van der Waals surface area contributed by atoms with Crippen LogP contribution in [0.3, 0.4) is 0 Å². The summed E-state index contributed by atoms with van der Waals surface area (Å²) in [6.45, 7) is 2.25. The minimum absolute atomic E-state index is 0.249. The first-order valence-electron chi connectivity index (χ1n) is 10.7. The highest BCUT2D eigenvalue weighted by molar-refractivity contribution is 5.28. The molecule has 0 aliphatic heterocycles. The van der Waals surface area contributed by atoms with Gasteiger partial charge in [-0.25, -0.2) is 4.39 Å². The minimum Gasteiger partial charge on any atom is -0.385 e. The third-order valence-corrected chi connectivity index (χ3v) is 6.21. The van der Waals surface area contributed by atoms with Gasteiger partial charge in [0, 0.05) is 0 Å². The van der Waals surface area contributed by atoms with Crippen molar-refractivity contribution in [1.29, 1.82) is 0 Å². The molecule has 27 heavy (non-hydrogen) atoms. The van der Waals surface area contributed by atoms with Crippen molar-refractivity contribution in [2.75, 3.05) is 0 Å². The fourth-order valence-electron chi connectivity index (χ4n) is 4.37. The molecule has 2 aromatic rings. The van der Waals surface area contributed by atoms with E-state index < -0.39 is 5.60 Å². The van der Waals surface area contributed by atoms with Crippen LogP contribution in [-0.4, -0.2) is 5.11 Å². The number of aliphatic hydroxyl groups is 1. The molecule has 0 radical (unpaired) electrons. The number of aryl methyl sites for hydroxylation is 1. The quantitative estimate of drug-likeness (QED) is 0.503. The SMILES string of the molecule is CCCCCCCc1ccc(C2CCC(O)(c3ccc(F)cc3)CC2)cc1. The molecule has 0 aromatic heterocycles. The first-order valence-corrected chi connectivity index (χ1v) is 10.7. The Morgan fingerprint density at radius 2 is 1.52 bits per heavy atom. The summed E-state index contributed by atoms with van der Waals surface area (Å²) in [6.07, 6.45) is 11.2. The van der Waals surface area contributed by atoms with Crippen LogP contribution in [-0.2, 0) is 12.0 Å². The molecule has 1 N–H and O–H groups in total. The monoisotopic (exact) mass is 368 g/mol. The molecule has 3 rings (SSSR count). The van der Waals surface area contributed by atoms with Crippen molar-refractivity contribution in [2.24, 2.45) is 0 Å². The molecule has 0 amide bonds. The molecule has 2 heteroatoms. The maximum atomic E-state index is 13.1. The summed E-state index contributed by atoms with van der Waals surface area (Å²) in [4.78, 5) is 0. The lowest BCUT2D eigenvalue weighted by Gasteiger charge is -2.36. The summed E-state index contributed by atoms with van der Waals surface area (Å²) < 4.78 is 13.1. The zero-order valence-corrected chi connectivity index (χ0v) is 16.6. The van der Waals surface area contributed by atoms with Gasteiger partial charge in [0.25, 0.3) is 0 Å². The van der Waals surface area contributed by atoms with Crippen LogP contribution in [0.1, 0.15) is 87.3 Å². The molecular formula is C25H33FO. The summed E-state index contributed by atoms with van der Waals surface area (Å²) in [7, 11) is 0. The fraction of sp³-hybridized carbons (Fsp3) is 0.520. The number of halogens is 1. The van der Waals surface area contributed by atoms with Crippen molar-refractivity contribution in [3.8, 4) is 0 Å². The van der Waals surface area contributed by atoms with Gasteiger partial charge in [0.2, 0.25) is 0 Å². The molecule has 0 bridgehead atoms. The maximum absolute atomic E-state index is 13.1. The van der Waals surface area contributed by atoms with Crippen molar-refractivity contribution < 1.29 is 9.50 Å². The fourth-order valence-corrected chi connectivity index (χ4v) is 4.37. The largest absolute Gasteiger partial charge is 0.385 e. The summed E-state index contributed by atoms with van der Waals surface area (Å²) in [5.74, 6) is 0.269. The van der Waals surface area contributed by atoms with Gasteiger partial charge < -0.3 is 5.11 Å². The first kappa shape index (κ1) is 20.1. The Kier molecular flexibility index (Phi) is 7.07. The van der Waals surface area contributed by atoms with Crippen LogP contribution in [0, 0.1) is 5.82 Å². The molecule has 1 aliphatic carbocycles. The van der Waals surface area contributed by atoms with E-state index >= 15 is 0 Å². The van der Waals surface area contributed by atoms with Crippen LogP contribution < -0.4 is 0 Å². The van der Waals surface area contributed by atoms with Gasteiger partial charge >= 0.3 is 0 Å². The van der Waals surface area contributed by atoms with Crippen LogP contribution >= 0.6 is 0 Å². The van der Waals surface area contributed by atoms with E-state index in [0.29, 0.717) is 5.92 Å². The Balaban J connectivity index is 1.51. The lowest BCUT2D eigenvalue weighted by molar-refractivity contribution is -0.00571. The molecule has 1 saturated carbocycles. The van der Waals surface area contributed by atoms with Gasteiger partial charge in [-0.3, -0.25) is 0 Å². The minimum atomic E-state index is -0.803. The van der Waals surface area contributed by atoms with Crippen molar-refractivity contribution in [1.82, 2.24) is 0 Å². The van der Waals surface area contributed by atoms with Crippen molar-refractivity contribution in [3.63, 3.8) is 0 Å². The Labute approximate surface area is 163 Å². The summed E-state index contributed by atoms with van der Waals surface area (Å²) >= 11 is 0. The average Bonchev–Trinajstić information content (AvgIpc) is 2.69. The Morgan fingerprint density at radius 1 is 0.889 bits per heavy atom. The summed E-state index contributed by atoms with van der Waals surface area (Å²) in [5, 5.41) is 11.0. The van der Waals surface area contributed by atoms with Crippen LogP contribution in [0.5, 0.6) is 0 Å². The standard InChI is InChI=1S/C25H33FO/c1-2-3-4-5-6-7-20-8-10-21(11-9-20)22-16-18-25(27,19-17-22)23-12-14-24(26)15-13-23/h8-15,22,27H,2-7,16-19H2,1H3. The lowest BCUT2D eigenvalue weighted by atomic mass is 9.73. The van der Waals surface area contributed by atoms with Crippen LogP contribution in [0.4, 0.5) is 4.39 Å². The van der Waals surface area contributed by atoms with E-state index in [9.17, 15) is 9.50 Å². The van der Waals surface area contributed by atoms with E-state index in [1.807, 2.05) is 0 Å². The molecule has 0 atom stereocenters. The lowest BCUT2D eigenvalue weighted by Crippen LogP contribution is -2.30.